The summed E-state index contributed by atoms with van der Waals surface area (Å²) in [4.78, 5) is 2.00. The van der Waals surface area contributed by atoms with Crippen molar-refractivity contribution >= 4 is 0 Å². The number of hydrogen-bond donors (Lipinski definition) is 0. The lowest BCUT2D eigenvalue weighted by molar-refractivity contribution is 0.563. The van der Waals surface area contributed by atoms with Crippen LogP contribution in [0.5, 0.6) is 0 Å². The summed E-state index contributed by atoms with van der Waals surface area (Å²) in [6, 6.07) is 0. The molecule has 36 valence electrons. The van der Waals surface area contributed by atoms with Gasteiger partial charge in [-0.15, -0.1) is 0 Å². The van der Waals surface area contributed by atoms with Gasteiger partial charge >= 0.3 is 0 Å². The fraction of sp³-hybridized carbons (Fsp3) is 0.600. The summed E-state index contributed by atoms with van der Waals surface area (Å²) in [6.07, 6.45) is 4.00. The van der Waals surface area contributed by atoms with Gasteiger partial charge in [-0.25, -0.2) is 0 Å². The smallest absolute Gasteiger partial charge is 0.00555 e. The largest absolute Gasteiger partial charge is 0.384 e. The molecule has 0 saturated heterocycles. The SMILES string of the molecule is CC=CN(C)C. The number of nitrogens with zero attached hydrogens (tertiary/aromatic N) is 1. The molecule has 0 bridgehead atoms. The number of allylic oxidation sites excluding steroid dienone is 1. The van der Waals surface area contributed by atoms with Crippen LogP contribution in [0.2, 0.25) is 0 Å². The molecule has 6 heavy (non-hydrogen) atoms. The molecular formula is C5H11N. The molecule has 0 aliphatic heterocycles. The van der Waals surface area contributed by atoms with Crippen molar-refractivity contribution in [3.63, 3.8) is 0 Å². The Balaban J connectivity index is 3.03. The zero-order valence-electron chi connectivity index (χ0n) is 4.60. The highest BCUT2D eigenvalue weighted by molar-refractivity contribution is 4.72. The van der Waals surface area contributed by atoms with Crippen molar-refractivity contribution in [2.45, 2.75) is 6.92 Å². The molecule has 0 heterocycles. The lowest BCUT2D eigenvalue weighted by Gasteiger charge is -1.99. The standard InChI is InChI=1S/C5H11N/c1-4-5-6(2)3/h4-5H,1-3H3. The van der Waals surface area contributed by atoms with Gasteiger partial charge < -0.3 is 4.90 Å². The van der Waals surface area contributed by atoms with Gasteiger partial charge in [0.15, 0.2) is 0 Å². The topological polar surface area (TPSA) is 3.24 Å². The van der Waals surface area contributed by atoms with Crippen molar-refractivity contribution in [2.75, 3.05) is 14.1 Å². The Hall–Kier alpha value is -0.460. The number of hydrogen-bond acceptors (Lipinski definition) is 1. The summed E-state index contributed by atoms with van der Waals surface area (Å²) in [5.74, 6) is 0. The van der Waals surface area contributed by atoms with Gasteiger partial charge in [0.25, 0.3) is 0 Å². The van der Waals surface area contributed by atoms with E-state index in [1.165, 1.54) is 0 Å². The second-order valence-corrected chi connectivity index (χ2v) is 1.45. The van der Waals surface area contributed by atoms with Crippen molar-refractivity contribution in [1.29, 1.82) is 0 Å². The Morgan fingerprint density at radius 2 is 1.83 bits per heavy atom. The van der Waals surface area contributed by atoms with E-state index in [0.717, 1.165) is 0 Å². The normalized spacial score (nSPS) is 9.83. The second kappa shape index (κ2) is 2.76. The minimum atomic E-state index is 2.00. The van der Waals surface area contributed by atoms with E-state index in [1.807, 2.05) is 38.2 Å². The maximum Gasteiger partial charge on any atom is 0.00555 e. The first kappa shape index (κ1) is 5.54. The van der Waals surface area contributed by atoms with Crippen LogP contribution in [0.1, 0.15) is 6.92 Å². The number of rotatable bonds is 1. The maximum absolute atomic E-state index is 2.00. The monoisotopic (exact) mass is 85.1 g/mol. The Bertz CT molecular complexity index is 45.9. The van der Waals surface area contributed by atoms with Crippen LogP contribution in [0.25, 0.3) is 0 Å². The Labute approximate surface area is 39.3 Å². The van der Waals surface area contributed by atoms with E-state index >= 15 is 0 Å². The molecule has 0 N–H and O–H groups in total. The van der Waals surface area contributed by atoms with E-state index in [4.69, 9.17) is 0 Å². The van der Waals surface area contributed by atoms with Crippen LogP contribution in [0, 0.1) is 0 Å². The van der Waals surface area contributed by atoms with Crippen molar-refractivity contribution < 1.29 is 0 Å². The third kappa shape index (κ3) is 3.54. The van der Waals surface area contributed by atoms with Crippen molar-refractivity contribution in [1.82, 2.24) is 4.90 Å². The lowest BCUT2D eigenvalue weighted by atomic mass is 10.7. The first-order valence-electron chi connectivity index (χ1n) is 2.06. The summed E-state index contributed by atoms with van der Waals surface area (Å²) in [6.45, 7) is 2.00. The van der Waals surface area contributed by atoms with E-state index in [2.05, 4.69) is 0 Å². The highest BCUT2D eigenvalue weighted by Crippen LogP contribution is 1.71. The first-order valence-corrected chi connectivity index (χ1v) is 2.06. The summed E-state index contributed by atoms with van der Waals surface area (Å²) in [5, 5.41) is 0. The molecule has 0 aliphatic carbocycles. The van der Waals surface area contributed by atoms with Crippen LogP contribution in [0.3, 0.4) is 0 Å². The summed E-state index contributed by atoms with van der Waals surface area (Å²) in [7, 11) is 4.00. The predicted molar refractivity (Wildman–Crippen MR) is 28.5 cm³/mol. The molecule has 0 saturated carbocycles. The van der Waals surface area contributed by atoms with Crippen LogP contribution in [-0.2, 0) is 0 Å². The molecule has 0 aromatic heterocycles. The minimum absolute atomic E-state index is 2.00. The lowest BCUT2D eigenvalue weighted by Crippen LogP contribution is -1.98. The summed E-state index contributed by atoms with van der Waals surface area (Å²) < 4.78 is 0. The van der Waals surface area contributed by atoms with Gasteiger partial charge in [-0.3, -0.25) is 0 Å². The van der Waals surface area contributed by atoms with E-state index in [-0.39, 0.29) is 0 Å². The molecule has 0 aromatic carbocycles. The molecule has 1 nitrogen and oxygen atoms in total. The van der Waals surface area contributed by atoms with Crippen LogP contribution >= 0.6 is 0 Å². The zero-order valence-corrected chi connectivity index (χ0v) is 4.60. The maximum atomic E-state index is 2.00. The highest BCUT2D eigenvalue weighted by atomic mass is 15.0. The molecule has 0 fully saturated rings. The molecule has 0 unspecified atom stereocenters. The Morgan fingerprint density at radius 3 is 1.83 bits per heavy atom. The third-order valence-corrected chi connectivity index (χ3v) is 0.447. The summed E-state index contributed by atoms with van der Waals surface area (Å²) in [5.41, 5.74) is 0. The van der Waals surface area contributed by atoms with Gasteiger partial charge in [0.05, 0.1) is 0 Å². The molecule has 0 radical (unpaired) electrons. The first-order chi connectivity index (χ1) is 2.77. The van der Waals surface area contributed by atoms with Gasteiger partial charge in [-0.2, -0.15) is 0 Å². The molecule has 0 amide bonds. The van der Waals surface area contributed by atoms with E-state index in [9.17, 15) is 0 Å². The average molecular weight is 85.1 g/mol. The molecule has 0 aromatic rings. The molecule has 0 aliphatic rings. The quantitative estimate of drug-likeness (QED) is 0.460. The summed E-state index contributed by atoms with van der Waals surface area (Å²) >= 11 is 0. The third-order valence-electron chi connectivity index (χ3n) is 0.447. The fourth-order valence-electron chi connectivity index (χ4n) is 0.298. The van der Waals surface area contributed by atoms with Crippen LogP contribution < -0.4 is 0 Å². The molecular weight excluding hydrogens is 74.1 g/mol. The van der Waals surface area contributed by atoms with E-state index < -0.39 is 0 Å². The van der Waals surface area contributed by atoms with Gasteiger partial charge in [0.2, 0.25) is 0 Å². The Morgan fingerprint density at radius 1 is 1.33 bits per heavy atom. The van der Waals surface area contributed by atoms with Crippen LogP contribution in [0.15, 0.2) is 12.3 Å². The second-order valence-electron chi connectivity index (χ2n) is 1.45. The average Bonchev–Trinajstić information content (AvgIpc) is 1.35. The van der Waals surface area contributed by atoms with Gasteiger partial charge in [0, 0.05) is 14.1 Å². The highest BCUT2D eigenvalue weighted by Gasteiger charge is 1.65. The van der Waals surface area contributed by atoms with Crippen LogP contribution in [0.4, 0.5) is 0 Å². The molecule has 0 rings (SSSR count). The Kier molecular flexibility index (Phi) is 2.55. The molecule has 0 atom stereocenters. The van der Waals surface area contributed by atoms with E-state index in [1.54, 1.807) is 0 Å². The minimum Gasteiger partial charge on any atom is -0.384 e. The predicted octanol–water partition coefficient (Wildman–Crippen LogP) is 1.08. The molecule has 0 spiro atoms. The van der Waals surface area contributed by atoms with Crippen LogP contribution in [-0.4, -0.2) is 19.0 Å². The van der Waals surface area contributed by atoms with Gasteiger partial charge in [-0.1, -0.05) is 6.08 Å². The van der Waals surface area contributed by atoms with Gasteiger partial charge in [0.1, 0.15) is 0 Å². The molecule has 1 heteroatoms. The van der Waals surface area contributed by atoms with E-state index in [0.29, 0.717) is 0 Å². The van der Waals surface area contributed by atoms with Gasteiger partial charge in [-0.05, 0) is 13.1 Å². The van der Waals surface area contributed by atoms with Crippen molar-refractivity contribution in [3.05, 3.63) is 12.3 Å². The fourth-order valence-corrected chi connectivity index (χ4v) is 0.298. The zero-order chi connectivity index (χ0) is 4.99. The van der Waals surface area contributed by atoms with Crippen molar-refractivity contribution in [2.24, 2.45) is 0 Å². The van der Waals surface area contributed by atoms with Crippen molar-refractivity contribution in [3.8, 4) is 0 Å².